The van der Waals surface area contributed by atoms with Gasteiger partial charge in [0.15, 0.2) is 0 Å². The van der Waals surface area contributed by atoms with Crippen molar-refractivity contribution in [3.63, 3.8) is 0 Å². The summed E-state index contributed by atoms with van der Waals surface area (Å²) in [6.07, 6.45) is 5.18. The first-order valence-corrected chi connectivity index (χ1v) is 7.30. The van der Waals surface area contributed by atoms with Crippen molar-refractivity contribution < 1.29 is 0 Å². The summed E-state index contributed by atoms with van der Waals surface area (Å²) < 4.78 is 0. The van der Waals surface area contributed by atoms with Crippen molar-refractivity contribution in [2.75, 3.05) is 12.5 Å². The Hall–Kier alpha value is -0.840. The van der Waals surface area contributed by atoms with Gasteiger partial charge in [0.1, 0.15) is 5.82 Å². The molecule has 1 aromatic rings. The molecule has 0 aliphatic heterocycles. The van der Waals surface area contributed by atoms with Crippen LogP contribution in [-0.4, -0.2) is 23.0 Å². The van der Waals surface area contributed by atoms with E-state index in [1.165, 1.54) is 25.7 Å². The van der Waals surface area contributed by atoms with Gasteiger partial charge in [0.05, 0.1) is 10.7 Å². The molecule has 2 rings (SSSR count). The van der Waals surface area contributed by atoms with E-state index in [4.69, 9.17) is 17.4 Å². The van der Waals surface area contributed by atoms with Gasteiger partial charge < -0.3 is 5.43 Å². The molecule has 19 heavy (non-hydrogen) atoms. The minimum atomic E-state index is 0.642. The summed E-state index contributed by atoms with van der Waals surface area (Å²) in [6, 6.07) is 4.27. The lowest BCUT2D eigenvalue weighted by molar-refractivity contribution is 0.162. The number of nitrogens with zero attached hydrogens (tertiary/aromatic N) is 2. The van der Waals surface area contributed by atoms with Gasteiger partial charge in [0.2, 0.25) is 0 Å². The van der Waals surface area contributed by atoms with Crippen LogP contribution in [0.3, 0.4) is 0 Å². The molecule has 5 heteroatoms. The number of halogens is 1. The van der Waals surface area contributed by atoms with E-state index < -0.39 is 0 Å². The molecule has 1 saturated carbocycles. The second-order valence-corrected chi connectivity index (χ2v) is 6.01. The van der Waals surface area contributed by atoms with E-state index in [0.717, 1.165) is 18.2 Å². The van der Waals surface area contributed by atoms with Crippen molar-refractivity contribution in [3.8, 4) is 0 Å². The van der Waals surface area contributed by atoms with Crippen LogP contribution in [0.1, 0.15) is 38.3 Å². The molecule has 0 radical (unpaired) electrons. The largest absolute Gasteiger partial charge is 0.308 e. The summed E-state index contributed by atoms with van der Waals surface area (Å²) in [6.45, 7) is 3.11. The number of nitrogen functional groups attached to an aromatic ring is 1. The summed E-state index contributed by atoms with van der Waals surface area (Å²) in [5.74, 6) is 6.92. The highest BCUT2D eigenvalue weighted by atomic mass is 35.5. The number of hydrazine groups is 1. The van der Waals surface area contributed by atoms with E-state index in [2.05, 4.69) is 29.3 Å². The average molecular weight is 283 g/mol. The number of nitrogens with two attached hydrogens (primary N) is 1. The molecule has 1 heterocycles. The van der Waals surface area contributed by atoms with E-state index in [1.54, 1.807) is 6.07 Å². The van der Waals surface area contributed by atoms with Crippen LogP contribution in [-0.2, 0) is 6.54 Å². The van der Waals surface area contributed by atoms with E-state index in [-0.39, 0.29) is 0 Å². The van der Waals surface area contributed by atoms with Crippen LogP contribution in [0.2, 0.25) is 5.02 Å². The Morgan fingerprint density at radius 2 is 2.05 bits per heavy atom. The molecule has 106 valence electrons. The average Bonchev–Trinajstić information content (AvgIpc) is 2.42. The lowest BCUT2D eigenvalue weighted by Crippen LogP contribution is -2.34. The zero-order chi connectivity index (χ0) is 13.8. The van der Waals surface area contributed by atoms with Crippen LogP contribution < -0.4 is 11.3 Å². The summed E-state index contributed by atoms with van der Waals surface area (Å²) in [5, 5.41) is 0.704. The smallest absolute Gasteiger partial charge is 0.140 e. The zero-order valence-electron chi connectivity index (χ0n) is 11.7. The predicted octanol–water partition coefficient (Wildman–Crippen LogP) is 3.03. The molecular weight excluding hydrogens is 260 g/mol. The van der Waals surface area contributed by atoms with Crippen molar-refractivity contribution in [3.05, 3.63) is 22.8 Å². The maximum absolute atomic E-state index is 6.20. The number of hydrogen-bond acceptors (Lipinski definition) is 4. The van der Waals surface area contributed by atoms with E-state index in [9.17, 15) is 0 Å². The second-order valence-electron chi connectivity index (χ2n) is 5.60. The van der Waals surface area contributed by atoms with Crippen LogP contribution in [0.5, 0.6) is 0 Å². The Labute approximate surface area is 120 Å². The Balaban J connectivity index is 2.00. The standard InChI is InChI=1S/C14H23ClN4/c1-10-3-5-11(6-4-10)19(2)9-13-12(15)7-8-14(17-13)18-16/h7-8,10-11H,3-6,9,16H2,1-2H3,(H,17,18). The molecule has 0 saturated heterocycles. The van der Waals surface area contributed by atoms with Gasteiger partial charge in [-0.1, -0.05) is 18.5 Å². The van der Waals surface area contributed by atoms with Crippen LogP contribution in [0, 0.1) is 5.92 Å². The van der Waals surface area contributed by atoms with Gasteiger partial charge in [-0.3, -0.25) is 4.90 Å². The lowest BCUT2D eigenvalue weighted by Gasteiger charge is -2.33. The van der Waals surface area contributed by atoms with Crippen molar-refractivity contribution in [1.29, 1.82) is 0 Å². The Morgan fingerprint density at radius 1 is 1.37 bits per heavy atom. The molecule has 1 aliphatic carbocycles. The van der Waals surface area contributed by atoms with E-state index in [1.807, 2.05) is 6.07 Å². The number of nitrogens with one attached hydrogen (secondary N) is 1. The quantitative estimate of drug-likeness (QED) is 0.658. The highest BCUT2D eigenvalue weighted by Gasteiger charge is 2.22. The summed E-state index contributed by atoms with van der Waals surface area (Å²) >= 11 is 6.20. The van der Waals surface area contributed by atoms with Crippen molar-refractivity contribution in [2.45, 2.75) is 45.2 Å². The lowest BCUT2D eigenvalue weighted by atomic mass is 9.87. The van der Waals surface area contributed by atoms with Gasteiger partial charge in [0.25, 0.3) is 0 Å². The van der Waals surface area contributed by atoms with Crippen LogP contribution in [0.25, 0.3) is 0 Å². The Kier molecular flexibility index (Phi) is 5.02. The third-order valence-corrected chi connectivity index (χ3v) is 4.42. The first-order valence-electron chi connectivity index (χ1n) is 6.92. The topological polar surface area (TPSA) is 54.2 Å². The first-order chi connectivity index (χ1) is 9.10. The molecule has 1 aromatic heterocycles. The van der Waals surface area contributed by atoms with Gasteiger partial charge in [-0.2, -0.15) is 0 Å². The fourth-order valence-corrected chi connectivity index (χ4v) is 2.89. The van der Waals surface area contributed by atoms with Crippen LogP contribution in [0.4, 0.5) is 5.82 Å². The maximum Gasteiger partial charge on any atom is 0.140 e. The number of anilines is 1. The predicted molar refractivity (Wildman–Crippen MR) is 79.9 cm³/mol. The van der Waals surface area contributed by atoms with Gasteiger partial charge in [-0.15, -0.1) is 0 Å². The van der Waals surface area contributed by atoms with Crippen molar-refractivity contribution >= 4 is 17.4 Å². The Bertz CT molecular complexity index is 416. The highest BCUT2D eigenvalue weighted by Crippen LogP contribution is 2.28. The van der Waals surface area contributed by atoms with Crippen LogP contribution >= 0.6 is 11.6 Å². The molecule has 0 spiro atoms. The molecule has 0 amide bonds. The van der Waals surface area contributed by atoms with Crippen molar-refractivity contribution in [2.24, 2.45) is 11.8 Å². The highest BCUT2D eigenvalue weighted by molar-refractivity contribution is 6.31. The third-order valence-electron chi connectivity index (χ3n) is 4.07. The fourth-order valence-electron chi connectivity index (χ4n) is 2.72. The second kappa shape index (κ2) is 6.55. The number of hydrogen-bond donors (Lipinski definition) is 2. The summed E-state index contributed by atoms with van der Waals surface area (Å²) in [4.78, 5) is 6.79. The van der Waals surface area contributed by atoms with E-state index in [0.29, 0.717) is 16.9 Å². The van der Waals surface area contributed by atoms with Gasteiger partial charge in [0, 0.05) is 12.6 Å². The minimum Gasteiger partial charge on any atom is -0.308 e. The minimum absolute atomic E-state index is 0.642. The van der Waals surface area contributed by atoms with Gasteiger partial charge >= 0.3 is 0 Å². The number of aromatic nitrogens is 1. The molecule has 0 unspecified atom stereocenters. The molecular formula is C14H23ClN4. The fraction of sp³-hybridized carbons (Fsp3) is 0.643. The summed E-state index contributed by atoms with van der Waals surface area (Å²) in [5.41, 5.74) is 3.45. The molecule has 4 nitrogen and oxygen atoms in total. The SMILES string of the molecule is CC1CCC(N(C)Cc2nc(NN)ccc2Cl)CC1. The molecule has 1 aliphatic rings. The molecule has 0 aromatic carbocycles. The van der Waals surface area contributed by atoms with E-state index >= 15 is 0 Å². The van der Waals surface area contributed by atoms with Crippen molar-refractivity contribution in [1.82, 2.24) is 9.88 Å². The summed E-state index contributed by atoms with van der Waals surface area (Å²) in [7, 11) is 2.15. The molecule has 0 atom stereocenters. The number of rotatable bonds is 4. The first kappa shape index (κ1) is 14.6. The molecule has 0 bridgehead atoms. The molecule has 1 fully saturated rings. The third kappa shape index (κ3) is 3.81. The number of pyridine rings is 1. The zero-order valence-corrected chi connectivity index (χ0v) is 12.5. The van der Waals surface area contributed by atoms with Crippen LogP contribution in [0.15, 0.2) is 12.1 Å². The maximum atomic E-state index is 6.20. The monoisotopic (exact) mass is 282 g/mol. The molecule has 3 N–H and O–H groups in total. The van der Waals surface area contributed by atoms with Gasteiger partial charge in [-0.05, 0) is 50.8 Å². The normalized spacial score (nSPS) is 23.6. The Morgan fingerprint density at radius 3 is 2.68 bits per heavy atom. The van der Waals surface area contributed by atoms with Gasteiger partial charge in [-0.25, -0.2) is 10.8 Å².